The zero-order valence-electron chi connectivity index (χ0n) is 15.0. The minimum Gasteiger partial charge on any atom is -0.366 e. The maximum Gasteiger partial charge on any atom is 0.262 e. The topological polar surface area (TPSA) is 71.1 Å². The van der Waals surface area contributed by atoms with Crippen molar-refractivity contribution in [3.8, 4) is 0 Å². The molecule has 0 aliphatic rings. The van der Waals surface area contributed by atoms with Gasteiger partial charge in [0.05, 0.1) is 16.8 Å². The Bertz CT molecular complexity index is 1030. The Morgan fingerprint density at radius 2 is 1.74 bits per heavy atom. The highest BCUT2D eigenvalue weighted by atomic mass is 32.2. The molecule has 0 radical (unpaired) electrons. The lowest BCUT2D eigenvalue weighted by Crippen LogP contribution is -2.14. The maximum atomic E-state index is 12.9. The van der Waals surface area contributed by atoms with Crippen molar-refractivity contribution in [1.82, 2.24) is 4.98 Å². The molecule has 0 bridgehead atoms. The quantitative estimate of drug-likeness (QED) is 0.665. The molecular weight excluding hydrogens is 365 g/mol. The van der Waals surface area contributed by atoms with Crippen LogP contribution in [0.4, 0.5) is 15.9 Å². The number of halogens is 1. The molecule has 0 atom stereocenters. The Labute approximate surface area is 158 Å². The van der Waals surface area contributed by atoms with Crippen molar-refractivity contribution in [3.05, 3.63) is 83.3 Å². The summed E-state index contributed by atoms with van der Waals surface area (Å²) in [6.07, 6.45) is 1.45. The summed E-state index contributed by atoms with van der Waals surface area (Å²) in [4.78, 5) is 4.46. The lowest BCUT2D eigenvalue weighted by atomic mass is 10.2. The van der Waals surface area contributed by atoms with Crippen LogP contribution in [0.3, 0.4) is 0 Å². The molecule has 0 spiro atoms. The summed E-state index contributed by atoms with van der Waals surface area (Å²) in [6.45, 7) is 4.17. The van der Waals surface area contributed by atoms with Gasteiger partial charge >= 0.3 is 0 Å². The van der Waals surface area contributed by atoms with E-state index in [2.05, 4.69) is 15.0 Å². The van der Waals surface area contributed by atoms with Crippen LogP contribution in [0, 0.1) is 19.7 Å². The molecular formula is C20H20FN3O2S. The van der Waals surface area contributed by atoms with Crippen LogP contribution in [0.25, 0.3) is 0 Å². The average molecular weight is 385 g/mol. The smallest absolute Gasteiger partial charge is 0.262 e. The minimum absolute atomic E-state index is 0.242. The van der Waals surface area contributed by atoms with Gasteiger partial charge in [0, 0.05) is 6.54 Å². The lowest BCUT2D eigenvalue weighted by Gasteiger charge is -2.11. The van der Waals surface area contributed by atoms with E-state index in [1.165, 1.54) is 18.3 Å². The van der Waals surface area contributed by atoms with E-state index < -0.39 is 10.0 Å². The van der Waals surface area contributed by atoms with Gasteiger partial charge in [-0.25, -0.2) is 17.8 Å². The summed E-state index contributed by atoms with van der Waals surface area (Å²) >= 11 is 0. The van der Waals surface area contributed by atoms with Gasteiger partial charge in [0.1, 0.15) is 11.6 Å². The van der Waals surface area contributed by atoms with Gasteiger partial charge in [-0.2, -0.15) is 0 Å². The molecule has 0 aliphatic carbocycles. The molecule has 7 heteroatoms. The van der Waals surface area contributed by atoms with Crippen LogP contribution in [0.2, 0.25) is 0 Å². The predicted molar refractivity (Wildman–Crippen MR) is 105 cm³/mol. The molecule has 27 heavy (non-hydrogen) atoms. The first kappa shape index (κ1) is 18.8. The number of nitrogens with one attached hydrogen (secondary N) is 2. The number of sulfonamides is 1. The Morgan fingerprint density at radius 3 is 2.37 bits per heavy atom. The van der Waals surface area contributed by atoms with Crippen LogP contribution in [-0.4, -0.2) is 13.4 Å². The van der Waals surface area contributed by atoms with Crippen LogP contribution in [-0.2, 0) is 16.6 Å². The Kier molecular flexibility index (Phi) is 5.41. The van der Waals surface area contributed by atoms with Gasteiger partial charge < -0.3 is 5.32 Å². The van der Waals surface area contributed by atoms with Crippen molar-refractivity contribution >= 4 is 21.5 Å². The molecule has 1 aromatic heterocycles. The van der Waals surface area contributed by atoms with Crippen LogP contribution < -0.4 is 10.0 Å². The normalized spacial score (nSPS) is 11.2. The third-order valence-corrected chi connectivity index (χ3v) is 5.56. The number of aryl methyl sites for hydroxylation is 2. The second kappa shape index (κ2) is 7.75. The van der Waals surface area contributed by atoms with Gasteiger partial charge in [0.25, 0.3) is 10.0 Å². The lowest BCUT2D eigenvalue weighted by molar-refractivity contribution is 0.600. The number of aromatic nitrogens is 1. The van der Waals surface area contributed by atoms with E-state index in [9.17, 15) is 12.8 Å². The van der Waals surface area contributed by atoms with E-state index in [0.29, 0.717) is 23.6 Å². The minimum atomic E-state index is -3.68. The fourth-order valence-electron chi connectivity index (χ4n) is 2.66. The summed E-state index contributed by atoms with van der Waals surface area (Å²) in [7, 11) is -3.68. The first-order valence-corrected chi connectivity index (χ1v) is 9.86. The first-order chi connectivity index (χ1) is 12.8. The number of pyridine rings is 1. The van der Waals surface area contributed by atoms with Gasteiger partial charge in [-0.15, -0.1) is 0 Å². The summed E-state index contributed by atoms with van der Waals surface area (Å²) in [5.74, 6) is 0.311. The second-order valence-corrected chi connectivity index (χ2v) is 7.94. The molecule has 1 heterocycles. The SMILES string of the molecule is Cc1ccc(S(=O)(=O)Nc2ccc(NCc3ccc(F)cc3)nc2)c(C)c1. The van der Waals surface area contributed by atoms with Crippen molar-refractivity contribution < 1.29 is 12.8 Å². The number of hydrogen-bond donors (Lipinski definition) is 2. The largest absolute Gasteiger partial charge is 0.366 e. The zero-order valence-corrected chi connectivity index (χ0v) is 15.8. The van der Waals surface area contributed by atoms with E-state index in [0.717, 1.165) is 11.1 Å². The van der Waals surface area contributed by atoms with Crippen molar-refractivity contribution in [1.29, 1.82) is 0 Å². The van der Waals surface area contributed by atoms with Gasteiger partial charge in [-0.05, 0) is 55.3 Å². The molecule has 0 aliphatic heterocycles. The highest BCUT2D eigenvalue weighted by molar-refractivity contribution is 7.92. The first-order valence-electron chi connectivity index (χ1n) is 8.38. The van der Waals surface area contributed by atoms with Crippen LogP contribution in [0.5, 0.6) is 0 Å². The Balaban J connectivity index is 1.67. The molecule has 2 aromatic carbocycles. The molecule has 0 saturated heterocycles. The molecule has 0 amide bonds. The fraction of sp³-hybridized carbons (Fsp3) is 0.150. The standard InChI is InChI=1S/C20H20FN3O2S/c1-14-3-9-19(15(2)11-14)27(25,26)24-18-8-10-20(23-13-18)22-12-16-4-6-17(21)7-5-16/h3-11,13,24H,12H2,1-2H3,(H,22,23). The molecule has 0 unspecified atom stereocenters. The summed E-state index contributed by atoms with van der Waals surface area (Å²) < 4.78 is 40.6. The highest BCUT2D eigenvalue weighted by Gasteiger charge is 2.17. The van der Waals surface area contributed by atoms with Crippen LogP contribution in [0.15, 0.2) is 65.7 Å². The van der Waals surface area contributed by atoms with E-state index >= 15 is 0 Å². The highest BCUT2D eigenvalue weighted by Crippen LogP contribution is 2.20. The fourth-order valence-corrected chi connectivity index (χ4v) is 3.94. The van der Waals surface area contributed by atoms with Crippen LogP contribution >= 0.6 is 0 Å². The number of benzene rings is 2. The number of hydrogen-bond acceptors (Lipinski definition) is 4. The molecule has 2 N–H and O–H groups in total. The molecule has 5 nitrogen and oxygen atoms in total. The third kappa shape index (κ3) is 4.83. The molecule has 140 valence electrons. The average Bonchev–Trinajstić information content (AvgIpc) is 2.62. The van der Waals surface area contributed by atoms with Gasteiger partial charge in [-0.3, -0.25) is 4.72 Å². The number of anilines is 2. The summed E-state index contributed by atoms with van der Waals surface area (Å²) in [5.41, 5.74) is 2.98. The monoisotopic (exact) mass is 385 g/mol. The Hall–Kier alpha value is -2.93. The Morgan fingerprint density at radius 1 is 1.00 bits per heavy atom. The van der Waals surface area contributed by atoms with Crippen molar-refractivity contribution in [3.63, 3.8) is 0 Å². The summed E-state index contributed by atoms with van der Waals surface area (Å²) in [6, 6.07) is 14.7. The van der Waals surface area contributed by atoms with Gasteiger partial charge in [-0.1, -0.05) is 29.8 Å². The van der Waals surface area contributed by atoms with E-state index in [-0.39, 0.29) is 10.7 Å². The third-order valence-electron chi connectivity index (χ3n) is 4.02. The maximum absolute atomic E-state index is 12.9. The van der Waals surface area contributed by atoms with E-state index in [1.807, 2.05) is 13.0 Å². The van der Waals surface area contributed by atoms with Crippen LogP contribution in [0.1, 0.15) is 16.7 Å². The zero-order chi connectivity index (χ0) is 19.4. The molecule has 3 aromatic rings. The predicted octanol–water partition coefficient (Wildman–Crippen LogP) is 4.25. The van der Waals surface area contributed by atoms with E-state index in [1.54, 1.807) is 43.3 Å². The summed E-state index contributed by atoms with van der Waals surface area (Å²) in [5, 5.41) is 3.11. The van der Waals surface area contributed by atoms with Crippen molar-refractivity contribution in [2.75, 3.05) is 10.0 Å². The second-order valence-electron chi connectivity index (χ2n) is 6.29. The molecule has 0 fully saturated rings. The molecule has 3 rings (SSSR count). The van der Waals surface area contributed by atoms with Gasteiger partial charge in [0.15, 0.2) is 0 Å². The number of nitrogens with zero attached hydrogens (tertiary/aromatic N) is 1. The number of rotatable bonds is 6. The molecule has 0 saturated carbocycles. The van der Waals surface area contributed by atoms with Gasteiger partial charge in [0.2, 0.25) is 0 Å². The van der Waals surface area contributed by atoms with Crippen molar-refractivity contribution in [2.45, 2.75) is 25.3 Å². The van der Waals surface area contributed by atoms with E-state index in [4.69, 9.17) is 0 Å². The van der Waals surface area contributed by atoms with Crippen molar-refractivity contribution in [2.24, 2.45) is 0 Å².